The van der Waals surface area contributed by atoms with Crippen LogP contribution in [0.2, 0.25) is 0 Å². The summed E-state index contributed by atoms with van der Waals surface area (Å²) in [5.74, 6) is 2.26. The Hall–Kier alpha value is -0.550. The molecule has 0 spiro atoms. The fraction of sp³-hybridized carbons (Fsp3) is 0.600. The summed E-state index contributed by atoms with van der Waals surface area (Å²) in [5.41, 5.74) is 7.01. The normalized spacial score (nSPS) is 20.6. The maximum Gasteiger partial charge on any atom is 0.0710 e. The Bertz CT molecular complexity index is 345. The van der Waals surface area contributed by atoms with Crippen LogP contribution < -0.4 is 5.73 Å². The molecular formula is C15H24N2OS. The third-order valence-corrected chi connectivity index (χ3v) is 4.43. The van der Waals surface area contributed by atoms with E-state index in [1.54, 1.807) is 0 Å². The Balaban J connectivity index is 1.60. The molecule has 3 nitrogen and oxygen atoms in total. The van der Waals surface area contributed by atoms with E-state index in [4.69, 9.17) is 10.5 Å². The average molecular weight is 280 g/mol. The zero-order valence-corrected chi connectivity index (χ0v) is 12.3. The average Bonchev–Trinajstić information content (AvgIpc) is 2.46. The minimum atomic E-state index is 0.392. The van der Waals surface area contributed by atoms with Gasteiger partial charge in [-0.25, -0.2) is 0 Å². The number of nitrogens with zero attached hydrogens (tertiary/aromatic N) is 1. The quantitative estimate of drug-likeness (QED) is 0.775. The van der Waals surface area contributed by atoms with Gasteiger partial charge >= 0.3 is 0 Å². The van der Waals surface area contributed by atoms with E-state index >= 15 is 0 Å². The fourth-order valence-corrected chi connectivity index (χ4v) is 3.32. The molecular weight excluding hydrogens is 256 g/mol. The van der Waals surface area contributed by atoms with Gasteiger partial charge in [0.15, 0.2) is 0 Å². The molecule has 0 aromatic heterocycles. The van der Waals surface area contributed by atoms with Gasteiger partial charge in [0.2, 0.25) is 0 Å². The van der Waals surface area contributed by atoms with Crippen molar-refractivity contribution >= 4 is 11.8 Å². The molecule has 1 atom stereocenters. The van der Waals surface area contributed by atoms with E-state index < -0.39 is 0 Å². The van der Waals surface area contributed by atoms with E-state index in [0.717, 1.165) is 50.7 Å². The molecule has 0 amide bonds. The van der Waals surface area contributed by atoms with Crippen LogP contribution in [-0.4, -0.2) is 49.5 Å². The first-order valence-corrected chi connectivity index (χ1v) is 8.19. The Kier molecular flexibility index (Phi) is 6.71. The van der Waals surface area contributed by atoms with Crippen LogP contribution in [0.15, 0.2) is 30.3 Å². The molecule has 0 radical (unpaired) electrons. The van der Waals surface area contributed by atoms with Crippen LogP contribution in [-0.2, 0) is 10.5 Å². The lowest BCUT2D eigenvalue weighted by molar-refractivity contribution is -0.0279. The van der Waals surface area contributed by atoms with Gasteiger partial charge in [-0.3, -0.25) is 4.90 Å². The van der Waals surface area contributed by atoms with Crippen LogP contribution in [0.3, 0.4) is 0 Å². The van der Waals surface area contributed by atoms with E-state index in [2.05, 4.69) is 35.2 Å². The van der Waals surface area contributed by atoms with Crippen LogP contribution in [0.4, 0.5) is 0 Å². The van der Waals surface area contributed by atoms with Gasteiger partial charge in [-0.05, 0) is 17.7 Å². The second-order valence-electron chi connectivity index (χ2n) is 4.91. The molecule has 1 fully saturated rings. The summed E-state index contributed by atoms with van der Waals surface area (Å²) in [7, 11) is 0. The Morgan fingerprint density at radius 3 is 2.95 bits per heavy atom. The van der Waals surface area contributed by atoms with Gasteiger partial charge in [-0.2, -0.15) is 11.8 Å². The SMILES string of the molecule is NCCN1CCOC(CCSCc2ccccc2)C1. The van der Waals surface area contributed by atoms with Crippen molar-refractivity contribution in [3.8, 4) is 0 Å². The Morgan fingerprint density at radius 1 is 1.32 bits per heavy atom. The highest BCUT2D eigenvalue weighted by Crippen LogP contribution is 2.16. The van der Waals surface area contributed by atoms with E-state index in [1.807, 2.05) is 11.8 Å². The molecule has 106 valence electrons. The molecule has 1 aromatic carbocycles. The first-order chi connectivity index (χ1) is 9.38. The predicted molar refractivity (Wildman–Crippen MR) is 82.5 cm³/mol. The molecule has 2 N–H and O–H groups in total. The molecule has 1 aliphatic rings. The van der Waals surface area contributed by atoms with Crippen molar-refractivity contribution in [2.45, 2.75) is 18.3 Å². The number of benzene rings is 1. The standard InChI is InChI=1S/C15H24N2OS/c16-7-8-17-9-10-18-15(12-17)6-11-19-13-14-4-2-1-3-5-14/h1-5,15H,6-13,16H2. The van der Waals surface area contributed by atoms with E-state index in [9.17, 15) is 0 Å². The van der Waals surface area contributed by atoms with Crippen LogP contribution >= 0.6 is 11.8 Å². The van der Waals surface area contributed by atoms with Gasteiger partial charge in [0.05, 0.1) is 12.7 Å². The molecule has 1 aliphatic heterocycles. The van der Waals surface area contributed by atoms with Crippen molar-refractivity contribution in [3.05, 3.63) is 35.9 Å². The molecule has 1 saturated heterocycles. The number of thioether (sulfide) groups is 1. The van der Waals surface area contributed by atoms with E-state index in [0.29, 0.717) is 6.10 Å². The van der Waals surface area contributed by atoms with Crippen molar-refractivity contribution in [1.29, 1.82) is 0 Å². The zero-order chi connectivity index (χ0) is 13.3. The van der Waals surface area contributed by atoms with Crippen LogP contribution in [0.5, 0.6) is 0 Å². The number of morpholine rings is 1. The predicted octanol–water partition coefficient (Wildman–Crippen LogP) is 1.97. The highest BCUT2D eigenvalue weighted by atomic mass is 32.2. The topological polar surface area (TPSA) is 38.5 Å². The van der Waals surface area contributed by atoms with Crippen molar-refractivity contribution in [1.82, 2.24) is 4.90 Å². The number of hydrogen-bond acceptors (Lipinski definition) is 4. The summed E-state index contributed by atoms with van der Waals surface area (Å²) in [5, 5.41) is 0. The van der Waals surface area contributed by atoms with E-state index in [-0.39, 0.29) is 0 Å². The molecule has 4 heteroatoms. The molecule has 19 heavy (non-hydrogen) atoms. The Morgan fingerprint density at radius 2 is 2.16 bits per heavy atom. The highest BCUT2D eigenvalue weighted by molar-refractivity contribution is 7.98. The summed E-state index contributed by atoms with van der Waals surface area (Å²) in [6.07, 6.45) is 1.53. The van der Waals surface area contributed by atoms with Crippen molar-refractivity contribution < 1.29 is 4.74 Å². The molecule has 0 aliphatic carbocycles. The molecule has 2 rings (SSSR count). The summed E-state index contributed by atoms with van der Waals surface area (Å²) in [4.78, 5) is 2.41. The first kappa shape index (κ1) is 14.9. The van der Waals surface area contributed by atoms with E-state index in [1.165, 1.54) is 5.56 Å². The summed E-state index contributed by atoms with van der Waals surface area (Å²) >= 11 is 1.99. The molecule has 0 bridgehead atoms. The lowest BCUT2D eigenvalue weighted by atomic mass is 10.2. The first-order valence-electron chi connectivity index (χ1n) is 7.04. The van der Waals surface area contributed by atoms with Crippen LogP contribution in [0.25, 0.3) is 0 Å². The smallest absolute Gasteiger partial charge is 0.0710 e. The monoisotopic (exact) mass is 280 g/mol. The maximum absolute atomic E-state index is 5.81. The van der Waals surface area contributed by atoms with Gasteiger partial charge in [-0.15, -0.1) is 0 Å². The minimum Gasteiger partial charge on any atom is -0.376 e. The lowest BCUT2D eigenvalue weighted by Gasteiger charge is -2.32. The van der Waals surface area contributed by atoms with Gasteiger partial charge in [0, 0.05) is 31.9 Å². The second-order valence-corrected chi connectivity index (χ2v) is 6.01. The zero-order valence-electron chi connectivity index (χ0n) is 11.5. The van der Waals surface area contributed by atoms with Crippen molar-refractivity contribution in [3.63, 3.8) is 0 Å². The molecule has 1 unspecified atom stereocenters. The minimum absolute atomic E-state index is 0.392. The molecule has 1 heterocycles. The van der Waals surface area contributed by atoms with Gasteiger partial charge in [0.25, 0.3) is 0 Å². The summed E-state index contributed by atoms with van der Waals surface area (Å²) in [6, 6.07) is 10.6. The number of hydrogen-bond donors (Lipinski definition) is 1. The highest BCUT2D eigenvalue weighted by Gasteiger charge is 2.19. The number of nitrogens with two attached hydrogens (primary N) is 1. The summed E-state index contributed by atoms with van der Waals surface area (Å²) in [6.45, 7) is 4.68. The molecule has 0 saturated carbocycles. The number of rotatable bonds is 7. The van der Waals surface area contributed by atoms with Gasteiger partial charge in [0.1, 0.15) is 0 Å². The Labute approximate surface area is 120 Å². The third-order valence-electron chi connectivity index (χ3n) is 3.36. The lowest BCUT2D eigenvalue weighted by Crippen LogP contribution is -2.44. The van der Waals surface area contributed by atoms with Crippen LogP contribution in [0, 0.1) is 0 Å². The fourth-order valence-electron chi connectivity index (χ4n) is 2.32. The van der Waals surface area contributed by atoms with Crippen molar-refractivity contribution in [2.75, 3.05) is 38.5 Å². The third kappa shape index (κ3) is 5.53. The maximum atomic E-state index is 5.81. The molecule has 1 aromatic rings. The summed E-state index contributed by atoms with van der Waals surface area (Å²) < 4.78 is 5.81. The number of ether oxygens (including phenoxy) is 1. The van der Waals surface area contributed by atoms with Crippen molar-refractivity contribution in [2.24, 2.45) is 5.73 Å². The van der Waals surface area contributed by atoms with Crippen LogP contribution in [0.1, 0.15) is 12.0 Å². The van der Waals surface area contributed by atoms with Gasteiger partial charge in [-0.1, -0.05) is 30.3 Å². The second kappa shape index (κ2) is 8.59. The van der Waals surface area contributed by atoms with Gasteiger partial charge < -0.3 is 10.5 Å². The largest absolute Gasteiger partial charge is 0.376 e.